The molecule has 3 heterocycles. The fourth-order valence-corrected chi connectivity index (χ4v) is 1.66. The number of hydrogen-bond donors (Lipinski definition) is 3. The Bertz CT molecular complexity index is 703. The van der Waals surface area contributed by atoms with Crippen molar-refractivity contribution in [3.05, 3.63) is 30.4 Å². The first-order valence-electron chi connectivity index (χ1n) is 5.38. The molecule has 0 amide bonds. The first-order valence-corrected chi connectivity index (χ1v) is 5.38. The summed E-state index contributed by atoms with van der Waals surface area (Å²) >= 11 is 0. The van der Waals surface area contributed by atoms with E-state index in [9.17, 15) is 0 Å². The highest BCUT2D eigenvalue weighted by molar-refractivity contribution is 5.86. The number of nitrogens with two attached hydrogens (primary N) is 1. The maximum Gasteiger partial charge on any atom is 0.224 e. The minimum absolute atomic E-state index is 0.179. The van der Waals surface area contributed by atoms with Crippen LogP contribution < -0.4 is 11.1 Å². The standard InChI is InChI=1S/C11H11N7/c1-6-2-3-13-4-7(6)16-10-8-9(15-5-14-8)17-11(12)18-10/h2-5H,1H3,(H4,12,14,15,16,17,18). The normalized spacial score (nSPS) is 10.7. The van der Waals surface area contributed by atoms with Crippen LogP contribution in [0.15, 0.2) is 24.8 Å². The molecule has 0 fully saturated rings. The van der Waals surface area contributed by atoms with Gasteiger partial charge in [0.1, 0.15) is 5.52 Å². The van der Waals surface area contributed by atoms with E-state index in [1.807, 2.05) is 13.0 Å². The molecule has 0 saturated carbocycles. The third-order valence-corrected chi connectivity index (χ3v) is 2.60. The van der Waals surface area contributed by atoms with Crippen LogP contribution in [0.5, 0.6) is 0 Å². The molecule has 0 aliphatic carbocycles. The Balaban J connectivity index is 2.10. The molecule has 0 bridgehead atoms. The van der Waals surface area contributed by atoms with Crippen LogP contribution in [-0.4, -0.2) is 24.9 Å². The van der Waals surface area contributed by atoms with Crippen molar-refractivity contribution in [2.24, 2.45) is 0 Å². The van der Waals surface area contributed by atoms with Gasteiger partial charge in [-0.3, -0.25) is 4.98 Å². The molecule has 0 atom stereocenters. The van der Waals surface area contributed by atoms with Crippen molar-refractivity contribution in [1.29, 1.82) is 0 Å². The molecule has 0 unspecified atom stereocenters. The predicted molar refractivity (Wildman–Crippen MR) is 68.4 cm³/mol. The van der Waals surface area contributed by atoms with E-state index in [2.05, 4.69) is 30.2 Å². The number of fused-ring (bicyclic) bond motifs is 1. The molecule has 18 heavy (non-hydrogen) atoms. The number of nitrogen functional groups attached to an aromatic ring is 1. The SMILES string of the molecule is Cc1ccncc1Nc1nc(N)nc2nc[nH]c12. The molecular weight excluding hydrogens is 230 g/mol. The molecule has 0 aliphatic rings. The lowest BCUT2D eigenvalue weighted by Crippen LogP contribution is -2.02. The van der Waals surface area contributed by atoms with Crippen LogP contribution in [0.2, 0.25) is 0 Å². The zero-order chi connectivity index (χ0) is 12.5. The number of pyridine rings is 1. The van der Waals surface area contributed by atoms with Crippen LogP contribution in [0.25, 0.3) is 11.2 Å². The van der Waals surface area contributed by atoms with Crippen molar-refractivity contribution in [1.82, 2.24) is 24.9 Å². The van der Waals surface area contributed by atoms with Gasteiger partial charge in [0.2, 0.25) is 5.95 Å². The highest BCUT2D eigenvalue weighted by atomic mass is 15.1. The summed E-state index contributed by atoms with van der Waals surface area (Å²) in [5.74, 6) is 0.768. The van der Waals surface area contributed by atoms with Crippen molar-refractivity contribution in [2.75, 3.05) is 11.1 Å². The Morgan fingerprint density at radius 1 is 1.33 bits per heavy atom. The summed E-state index contributed by atoms with van der Waals surface area (Å²) < 4.78 is 0. The molecule has 7 heteroatoms. The summed E-state index contributed by atoms with van der Waals surface area (Å²) in [4.78, 5) is 19.3. The molecule has 3 aromatic rings. The monoisotopic (exact) mass is 241 g/mol. The van der Waals surface area contributed by atoms with Crippen molar-refractivity contribution in [2.45, 2.75) is 6.92 Å². The van der Waals surface area contributed by atoms with Gasteiger partial charge in [-0.25, -0.2) is 4.98 Å². The van der Waals surface area contributed by atoms with Crippen molar-refractivity contribution < 1.29 is 0 Å². The zero-order valence-corrected chi connectivity index (χ0v) is 9.68. The maximum atomic E-state index is 5.64. The lowest BCUT2D eigenvalue weighted by Gasteiger charge is -2.08. The van der Waals surface area contributed by atoms with Gasteiger partial charge in [-0.15, -0.1) is 0 Å². The van der Waals surface area contributed by atoms with E-state index in [0.29, 0.717) is 17.0 Å². The van der Waals surface area contributed by atoms with Gasteiger partial charge in [0.25, 0.3) is 0 Å². The van der Waals surface area contributed by atoms with Gasteiger partial charge in [0, 0.05) is 6.20 Å². The molecule has 0 radical (unpaired) electrons. The lowest BCUT2D eigenvalue weighted by atomic mass is 10.2. The van der Waals surface area contributed by atoms with Gasteiger partial charge in [-0.1, -0.05) is 0 Å². The van der Waals surface area contributed by atoms with Crippen LogP contribution >= 0.6 is 0 Å². The quantitative estimate of drug-likeness (QED) is 0.626. The van der Waals surface area contributed by atoms with E-state index in [-0.39, 0.29) is 5.95 Å². The summed E-state index contributed by atoms with van der Waals surface area (Å²) in [7, 11) is 0. The Morgan fingerprint density at radius 3 is 3.06 bits per heavy atom. The highest BCUT2D eigenvalue weighted by Gasteiger charge is 2.09. The zero-order valence-electron chi connectivity index (χ0n) is 9.68. The van der Waals surface area contributed by atoms with E-state index in [0.717, 1.165) is 11.3 Å². The average Bonchev–Trinajstić information content (AvgIpc) is 2.80. The van der Waals surface area contributed by atoms with Crippen LogP contribution in [0.1, 0.15) is 5.56 Å². The number of nitrogens with one attached hydrogen (secondary N) is 2. The van der Waals surface area contributed by atoms with Gasteiger partial charge in [-0.2, -0.15) is 9.97 Å². The summed E-state index contributed by atoms with van der Waals surface area (Å²) in [6, 6.07) is 1.91. The van der Waals surface area contributed by atoms with E-state index in [4.69, 9.17) is 5.73 Å². The number of rotatable bonds is 2. The number of aromatic amines is 1. The van der Waals surface area contributed by atoms with Crippen LogP contribution in [0.4, 0.5) is 17.5 Å². The molecule has 3 rings (SSSR count). The van der Waals surface area contributed by atoms with Crippen molar-refractivity contribution in [3.8, 4) is 0 Å². The van der Waals surface area contributed by atoms with Gasteiger partial charge in [0.15, 0.2) is 11.5 Å². The third-order valence-electron chi connectivity index (χ3n) is 2.60. The molecule has 0 aliphatic heterocycles. The Kier molecular flexibility index (Phi) is 2.30. The molecule has 0 spiro atoms. The maximum absolute atomic E-state index is 5.64. The Morgan fingerprint density at radius 2 is 2.22 bits per heavy atom. The second-order valence-corrected chi connectivity index (χ2v) is 3.85. The summed E-state index contributed by atoms with van der Waals surface area (Å²) in [5, 5.41) is 3.18. The minimum atomic E-state index is 0.179. The first-order chi connectivity index (χ1) is 8.74. The number of H-pyrrole nitrogens is 1. The van der Waals surface area contributed by atoms with Crippen molar-refractivity contribution >= 4 is 28.6 Å². The van der Waals surface area contributed by atoms with Gasteiger partial charge >= 0.3 is 0 Å². The van der Waals surface area contributed by atoms with E-state index < -0.39 is 0 Å². The average molecular weight is 241 g/mol. The fraction of sp³-hybridized carbons (Fsp3) is 0.0909. The number of hydrogen-bond acceptors (Lipinski definition) is 6. The predicted octanol–water partition coefficient (Wildman–Crippen LogP) is 1.38. The third kappa shape index (κ3) is 1.71. The molecule has 0 saturated heterocycles. The van der Waals surface area contributed by atoms with Crippen LogP contribution in [0, 0.1) is 6.92 Å². The summed E-state index contributed by atoms with van der Waals surface area (Å²) in [6.45, 7) is 1.98. The van der Waals surface area contributed by atoms with Gasteiger partial charge in [-0.05, 0) is 18.6 Å². The van der Waals surface area contributed by atoms with Gasteiger partial charge < -0.3 is 16.0 Å². The van der Waals surface area contributed by atoms with Crippen molar-refractivity contribution in [3.63, 3.8) is 0 Å². The number of aryl methyl sites for hydroxylation is 1. The Hall–Kier alpha value is -2.70. The number of aromatic nitrogens is 5. The number of nitrogens with zero attached hydrogens (tertiary/aromatic N) is 4. The van der Waals surface area contributed by atoms with E-state index in [1.165, 1.54) is 0 Å². The highest BCUT2D eigenvalue weighted by Crippen LogP contribution is 2.23. The van der Waals surface area contributed by atoms with Gasteiger partial charge in [0.05, 0.1) is 18.2 Å². The lowest BCUT2D eigenvalue weighted by molar-refractivity contribution is 1.20. The van der Waals surface area contributed by atoms with Crippen LogP contribution in [-0.2, 0) is 0 Å². The largest absolute Gasteiger partial charge is 0.368 e. The molecule has 90 valence electrons. The molecule has 3 aromatic heterocycles. The minimum Gasteiger partial charge on any atom is -0.368 e. The number of imidazole rings is 1. The van der Waals surface area contributed by atoms with Crippen LogP contribution in [0.3, 0.4) is 0 Å². The smallest absolute Gasteiger partial charge is 0.224 e. The first kappa shape index (κ1) is 10.5. The van der Waals surface area contributed by atoms with E-state index >= 15 is 0 Å². The second kappa shape index (κ2) is 3.95. The second-order valence-electron chi connectivity index (χ2n) is 3.85. The Labute approximate surface area is 103 Å². The van der Waals surface area contributed by atoms with E-state index in [1.54, 1.807) is 18.7 Å². The molecule has 0 aromatic carbocycles. The molecule has 4 N–H and O–H groups in total. The molecular formula is C11H11N7. The fourth-order valence-electron chi connectivity index (χ4n) is 1.66. The summed E-state index contributed by atoms with van der Waals surface area (Å²) in [5.41, 5.74) is 8.82. The topological polar surface area (TPSA) is 105 Å². The number of anilines is 3. The molecule has 7 nitrogen and oxygen atoms in total. The summed E-state index contributed by atoms with van der Waals surface area (Å²) in [6.07, 6.45) is 5.02.